The van der Waals surface area contributed by atoms with Crippen molar-refractivity contribution < 1.29 is 13.5 Å². The average Bonchev–Trinajstić information content (AvgIpc) is 2.36. The van der Waals surface area contributed by atoms with Gasteiger partial charge in [-0.25, -0.2) is 8.78 Å². The first-order valence-corrected chi connectivity index (χ1v) is 6.86. The van der Waals surface area contributed by atoms with Crippen molar-refractivity contribution in [3.8, 4) is 0 Å². The predicted octanol–water partition coefficient (Wildman–Crippen LogP) is 3.70. The fourth-order valence-corrected chi connectivity index (χ4v) is 2.93. The molecule has 94 valence electrons. The second-order valence-corrected chi connectivity index (χ2v) is 5.24. The molecular formula is C13H15BrF2O. The summed E-state index contributed by atoms with van der Waals surface area (Å²) in [6, 6.07) is 4.35. The molecule has 0 spiro atoms. The van der Waals surface area contributed by atoms with Gasteiger partial charge in [-0.05, 0) is 30.9 Å². The summed E-state index contributed by atoms with van der Waals surface area (Å²) in [5, 5.41) is 0.746. The second-order valence-electron chi connectivity index (χ2n) is 4.68. The molecule has 0 radical (unpaired) electrons. The smallest absolute Gasteiger partial charge is 0.162 e. The van der Waals surface area contributed by atoms with Gasteiger partial charge in [-0.15, -0.1) is 0 Å². The normalized spacial score (nSPS) is 24.9. The van der Waals surface area contributed by atoms with E-state index >= 15 is 0 Å². The molecule has 1 aliphatic rings. The summed E-state index contributed by atoms with van der Waals surface area (Å²) in [6.45, 7) is 1.37. The number of hydrogen-bond acceptors (Lipinski definition) is 1. The van der Waals surface area contributed by atoms with Gasteiger partial charge in [-0.1, -0.05) is 28.1 Å². The van der Waals surface area contributed by atoms with E-state index in [1.165, 1.54) is 0 Å². The molecule has 1 aromatic rings. The number of hydrogen-bond donors (Lipinski definition) is 0. The third-order valence-corrected chi connectivity index (χ3v) is 4.47. The van der Waals surface area contributed by atoms with E-state index in [-0.39, 0.29) is 5.41 Å². The summed E-state index contributed by atoms with van der Waals surface area (Å²) in [7, 11) is 0. The highest BCUT2D eigenvalue weighted by atomic mass is 79.9. The maximum absolute atomic E-state index is 13.6. The van der Waals surface area contributed by atoms with Crippen molar-refractivity contribution in [2.24, 2.45) is 5.41 Å². The van der Waals surface area contributed by atoms with Gasteiger partial charge < -0.3 is 4.74 Å². The molecule has 1 nitrogen and oxygen atoms in total. The molecule has 0 saturated carbocycles. The van der Waals surface area contributed by atoms with Crippen LogP contribution in [0.1, 0.15) is 18.4 Å². The number of ether oxygens (including phenoxy) is 1. The van der Waals surface area contributed by atoms with Crippen LogP contribution in [0.15, 0.2) is 18.2 Å². The first kappa shape index (κ1) is 13.0. The van der Waals surface area contributed by atoms with Crippen LogP contribution in [0.4, 0.5) is 8.78 Å². The average molecular weight is 305 g/mol. The molecule has 1 atom stereocenters. The van der Waals surface area contributed by atoms with Crippen molar-refractivity contribution in [3.05, 3.63) is 35.4 Å². The first-order chi connectivity index (χ1) is 8.17. The lowest BCUT2D eigenvalue weighted by atomic mass is 9.79. The second kappa shape index (κ2) is 5.44. The Morgan fingerprint density at radius 3 is 2.82 bits per heavy atom. The molecule has 1 unspecified atom stereocenters. The Bertz CT molecular complexity index is 389. The lowest BCUT2D eigenvalue weighted by Gasteiger charge is -2.35. The minimum Gasteiger partial charge on any atom is -0.381 e. The molecule has 0 N–H and O–H groups in total. The molecule has 0 aromatic heterocycles. The zero-order chi connectivity index (χ0) is 12.3. The van der Waals surface area contributed by atoms with Crippen LogP contribution in [0.25, 0.3) is 0 Å². The molecule has 0 amide bonds. The van der Waals surface area contributed by atoms with E-state index in [4.69, 9.17) is 4.74 Å². The summed E-state index contributed by atoms with van der Waals surface area (Å²) in [4.78, 5) is 0. The Kier molecular flexibility index (Phi) is 4.15. The van der Waals surface area contributed by atoms with Crippen molar-refractivity contribution in [1.29, 1.82) is 0 Å². The highest BCUT2D eigenvalue weighted by Crippen LogP contribution is 2.35. The van der Waals surface area contributed by atoms with Crippen molar-refractivity contribution in [3.63, 3.8) is 0 Å². The van der Waals surface area contributed by atoms with Crippen LogP contribution < -0.4 is 0 Å². The maximum Gasteiger partial charge on any atom is 0.162 e. The van der Waals surface area contributed by atoms with Crippen molar-refractivity contribution >= 4 is 15.9 Å². The van der Waals surface area contributed by atoms with Crippen LogP contribution in [0.3, 0.4) is 0 Å². The molecule has 1 aliphatic heterocycles. The topological polar surface area (TPSA) is 9.23 Å². The molecule has 1 saturated heterocycles. The number of rotatable bonds is 3. The third-order valence-electron chi connectivity index (χ3n) is 3.28. The molecule has 2 rings (SSSR count). The maximum atomic E-state index is 13.6. The van der Waals surface area contributed by atoms with Crippen LogP contribution in [-0.2, 0) is 11.2 Å². The molecule has 0 aliphatic carbocycles. The van der Waals surface area contributed by atoms with Crippen LogP contribution >= 0.6 is 15.9 Å². The predicted molar refractivity (Wildman–Crippen MR) is 66.3 cm³/mol. The standard InChI is InChI=1S/C13H15BrF2O/c14-8-13(5-2-6-17-9-13)7-10-3-1-4-11(15)12(10)16/h1,3-4H,2,5-9H2. The number of halogens is 3. The minimum atomic E-state index is -0.774. The number of benzene rings is 1. The summed E-state index contributed by atoms with van der Waals surface area (Å²) >= 11 is 3.47. The van der Waals surface area contributed by atoms with Crippen LogP contribution in [-0.4, -0.2) is 18.5 Å². The third kappa shape index (κ3) is 2.86. The van der Waals surface area contributed by atoms with Gasteiger partial charge in [0.2, 0.25) is 0 Å². The van der Waals surface area contributed by atoms with Gasteiger partial charge >= 0.3 is 0 Å². The largest absolute Gasteiger partial charge is 0.381 e. The van der Waals surface area contributed by atoms with Crippen molar-refractivity contribution in [2.75, 3.05) is 18.5 Å². The Morgan fingerprint density at radius 2 is 2.18 bits per heavy atom. The molecule has 4 heteroatoms. The summed E-state index contributed by atoms with van der Waals surface area (Å²) in [6.07, 6.45) is 2.47. The van der Waals surface area contributed by atoms with E-state index in [1.807, 2.05) is 0 Å². The van der Waals surface area contributed by atoms with Gasteiger partial charge in [0, 0.05) is 17.4 Å². The Morgan fingerprint density at radius 1 is 1.35 bits per heavy atom. The minimum absolute atomic E-state index is 0.104. The van der Waals surface area contributed by atoms with Crippen LogP contribution in [0, 0.1) is 17.0 Å². The fourth-order valence-electron chi connectivity index (χ4n) is 2.29. The Balaban J connectivity index is 2.20. The van der Waals surface area contributed by atoms with Crippen LogP contribution in [0.2, 0.25) is 0 Å². The van der Waals surface area contributed by atoms with E-state index in [0.29, 0.717) is 18.6 Å². The lowest BCUT2D eigenvalue weighted by molar-refractivity contribution is 0.00571. The molecule has 1 heterocycles. The fraction of sp³-hybridized carbons (Fsp3) is 0.538. The van der Waals surface area contributed by atoms with E-state index in [2.05, 4.69) is 15.9 Å². The van der Waals surface area contributed by atoms with Crippen LogP contribution in [0.5, 0.6) is 0 Å². The summed E-state index contributed by atoms with van der Waals surface area (Å²) in [5.74, 6) is -1.50. The van der Waals surface area contributed by atoms with Crippen molar-refractivity contribution in [2.45, 2.75) is 19.3 Å². The van der Waals surface area contributed by atoms with Gasteiger partial charge in [0.05, 0.1) is 6.61 Å². The van der Waals surface area contributed by atoms with Crippen molar-refractivity contribution in [1.82, 2.24) is 0 Å². The van der Waals surface area contributed by atoms with E-state index < -0.39 is 11.6 Å². The van der Waals surface area contributed by atoms with E-state index in [0.717, 1.165) is 30.8 Å². The van der Waals surface area contributed by atoms with Gasteiger partial charge in [0.15, 0.2) is 11.6 Å². The van der Waals surface area contributed by atoms with Gasteiger partial charge in [0.1, 0.15) is 0 Å². The van der Waals surface area contributed by atoms with E-state index in [9.17, 15) is 8.78 Å². The molecule has 17 heavy (non-hydrogen) atoms. The van der Waals surface area contributed by atoms with Gasteiger partial charge in [-0.2, -0.15) is 0 Å². The monoisotopic (exact) mass is 304 g/mol. The number of alkyl halides is 1. The Hall–Kier alpha value is -0.480. The quantitative estimate of drug-likeness (QED) is 0.774. The van der Waals surface area contributed by atoms with Gasteiger partial charge in [-0.3, -0.25) is 0 Å². The molecule has 1 fully saturated rings. The zero-order valence-electron chi connectivity index (χ0n) is 9.52. The first-order valence-electron chi connectivity index (χ1n) is 5.73. The Labute approximate surface area is 108 Å². The van der Waals surface area contributed by atoms with E-state index in [1.54, 1.807) is 12.1 Å². The molecule has 1 aromatic carbocycles. The highest BCUT2D eigenvalue weighted by molar-refractivity contribution is 9.09. The zero-order valence-corrected chi connectivity index (χ0v) is 11.1. The molecule has 0 bridgehead atoms. The lowest BCUT2D eigenvalue weighted by Crippen LogP contribution is -2.35. The molecular weight excluding hydrogens is 290 g/mol. The highest BCUT2D eigenvalue weighted by Gasteiger charge is 2.33. The summed E-state index contributed by atoms with van der Waals surface area (Å²) < 4.78 is 32.2. The summed E-state index contributed by atoms with van der Waals surface area (Å²) in [5.41, 5.74) is 0.335. The SMILES string of the molecule is Fc1cccc(CC2(CBr)CCCOC2)c1F. The van der Waals surface area contributed by atoms with Gasteiger partial charge in [0.25, 0.3) is 0 Å².